The maximum absolute atomic E-state index is 11.5. The van der Waals surface area contributed by atoms with E-state index in [1.165, 1.54) is 0 Å². The molecular weight excluding hydrogens is 272 g/mol. The van der Waals surface area contributed by atoms with Crippen LogP contribution < -0.4 is 16.6 Å². The lowest BCUT2D eigenvalue weighted by atomic mass is 10.4. The molecule has 0 atom stereocenters. The van der Waals surface area contributed by atoms with Gasteiger partial charge in [0, 0.05) is 6.04 Å². The topological polar surface area (TPSA) is 136 Å². The Morgan fingerprint density at radius 1 is 1.63 bits per heavy atom. The van der Waals surface area contributed by atoms with Crippen LogP contribution in [0.1, 0.15) is 13.8 Å². The lowest BCUT2D eigenvalue weighted by Gasteiger charge is -2.08. The van der Waals surface area contributed by atoms with Gasteiger partial charge in [0.15, 0.2) is 5.03 Å². The van der Waals surface area contributed by atoms with E-state index in [0.717, 1.165) is 18.0 Å². The Morgan fingerprint density at radius 3 is 2.84 bits per heavy atom. The molecule has 0 aliphatic heterocycles. The molecule has 1 aromatic heterocycles. The van der Waals surface area contributed by atoms with Crippen molar-refractivity contribution >= 4 is 29.3 Å². The predicted octanol–water partition coefficient (Wildman–Crippen LogP) is 0.287. The van der Waals surface area contributed by atoms with E-state index in [-0.39, 0.29) is 34.4 Å². The molecule has 0 fully saturated rings. The number of nitro groups is 1. The van der Waals surface area contributed by atoms with Crippen LogP contribution in [-0.2, 0) is 4.79 Å². The Hall–Kier alpha value is -1.94. The fourth-order valence-corrected chi connectivity index (χ4v) is 1.94. The number of hydrogen-bond donors (Lipinski definition) is 3. The van der Waals surface area contributed by atoms with E-state index >= 15 is 0 Å². The molecule has 1 amide bonds. The van der Waals surface area contributed by atoms with E-state index in [2.05, 4.69) is 20.7 Å². The van der Waals surface area contributed by atoms with Crippen molar-refractivity contribution in [1.82, 2.24) is 15.3 Å². The molecule has 0 spiro atoms. The van der Waals surface area contributed by atoms with Crippen molar-refractivity contribution in [3.8, 4) is 0 Å². The Morgan fingerprint density at radius 2 is 2.32 bits per heavy atom. The standard InChI is InChI=1S/C9H14N6O3S/c1-5(2)12-7(16)4-19-8-6(15(17)18)3-11-9(13-8)14-10/h3,5H,4,10H2,1-2H3,(H,12,16)(H,11,13,14). The summed E-state index contributed by atoms with van der Waals surface area (Å²) in [6.45, 7) is 3.65. The van der Waals surface area contributed by atoms with Gasteiger partial charge in [-0.15, -0.1) is 0 Å². The maximum atomic E-state index is 11.5. The molecular formula is C9H14N6O3S. The van der Waals surface area contributed by atoms with Gasteiger partial charge in [0.25, 0.3) is 0 Å². The van der Waals surface area contributed by atoms with Crippen molar-refractivity contribution in [3.63, 3.8) is 0 Å². The maximum Gasteiger partial charge on any atom is 0.319 e. The lowest BCUT2D eigenvalue weighted by molar-refractivity contribution is -0.388. The van der Waals surface area contributed by atoms with E-state index in [0.29, 0.717) is 0 Å². The summed E-state index contributed by atoms with van der Waals surface area (Å²) in [6, 6.07) is 0.00903. The summed E-state index contributed by atoms with van der Waals surface area (Å²) >= 11 is 0.955. The van der Waals surface area contributed by atoms with Crippen LogP contribution in [0, 0.1) is 10.1 Å². The molecule has 4 N–H and O–H groups in total. The molecule has 0 unspecified atom stereocenters. The molecule has 1 heterocycles. The smallest absolute Gasteiger partial charge is 0.319 e. The number of nitrogens with one attached hydrogen (secondary N) is 2. The van der Waals surface area contributed by atoms with Gasteiger partial charge in [-0.1, -0.05) is 11.8 Å². The highest BCUT2D eigenvalue weighted by molar-refractivity contribution is 8.00. The Balaban J connectivity index is 2.80. The van der Waals surface area contributed by atoms with Crippen molar-refractivity contribution in [2.24, 2.45) is 5.84 Å². The molecule has 9 nitrogen and oxygen atoms in total. The summed E-state index contributed by atoms with van der Waals surface area (Å²) in [7, 11) is 0. The zero-order valence-electron chi connectivity index (χ0n) is 10.4. The lowest BCUT2D eigenvalue weighted by Crippen LogP contribution is -2.31. The van der Waals surface area contributed by atoms with Gasteiger partial charge in [-0.2, -0.15) is 4.98 Å². The zero-order chi connectivity index (χ0) is 14.4. The molecule has 0 bridgehead atoms. The van der Waals surface area contributed by atoms with Gasteiger partial charge in [-0.25, -0.2) is 10.8 Å². The summed E-state index contributed by atoms with van der Waals surface area (Å²) in [6.07, 6.45) is 1.05. The Labute approximate surface area is 113 Å². The zero-order valence-corrected chi connectivity index (χ0v) is 11.2. The first kappa shape index (κ1) is 15.1. The second-order valence-electron chi connectivity index (χ2n) is 3.80. The third-order valence-electron chi connectivity index (χ3n) is 1.85. The van der Waals surface area contributed by atoms with Gasteiger partial charge >= 0.3 is 5.69 Å². The molecule has 1 rings (SSSR count). The van der Waals surface area contributed by atoms with Crippen LogP contribution in [0.2, 0.25) is 0 Å². The van der Waals surface area contributed by atoms with Crippen molar-refractivity contribution in [1.29, 1.82) is 0 Å². The fraction of sp³-hybridized carbons (Fsp3) is 0.444. The average Bonchev–Trinajstić information content (AvgIpc) is 2.34. The summed E-state index contributed by atoms with van der Waals surface area (Å²) in [4.78, 5) is 29.2. The molecule has 0 radical (unpaired) electrons. The summed E-state index contributed by atoms with van der Waals surface area (Å²) in [5.41, 5.74) is 1.93. The number of nitrogen functional groups attached to an aromatic ring is 1. The average molecular weight is 286 g/mol. The number of hydrogen-bond acceptors (Lipinski definition) is 8. The van der Waals surface area contributed by atoms with E-state index in [9.17, 15) is 14.9 Å². The van der Waals surface area contributed by atoms with Gasteiger partial charge in [0.05, 0.1) is 10.7 Å². The normalized spacial score (nSPS) is 10.3. The van der Waals surface area contributed by atoms with Crippen LogP contribution in [-0.4, -0.2) is 32.6 Å². The number of thioether (sulfide) groups is 1. The number of aromatic nitrogens is 2. The number of anilines is 1. The number of nitrogens with zero attached hydrogens (tertiary/aromatic N) is 3. The van der Waals surface area contributed by atoms with E-state index in [1.54, 1.807) is 0 Å². The van der Waals surface area contributed by atoms with Crippen LogP contribution in [0.25, 0.3) is 0 Å². The van der Waals surface area contributed by atoms with E-state index in [1.807, 2.05) is 13.8 Å². The third-order valence-corrected chi connectivity index (χ3v) is 2.83. The van der Waals surface area contributed by atoms with Crippen molar-refractivity contribution < 1.29 is 9.72 Å². The number of nitrogens with two attached hydrogens (primary N) is 1. The highest BCUT2D eigenvalue weighted by Crippen LogP contribution is 2.26. The monoisotopic (exact) mass is 286 g/mol. The summed E-state index contributed by atoms with van der Waals surface area (Å²) < 4.78 is 0. The fourth-order valence-electron chi connectivity index (χ4n) is 1.16. The molecule has 0 aliphatic rings. The minimum absolute atomic E-state index is 0.00903. The molecule has 10 heteroatoms. The molecule has 0 aromatic carbocycles. The first-order chi connectivity index (χ1) is 8.93. The number of carbonyl (C=O) groups is 1. The first-order valence-corrected chi connectivity index (χ1v) is 6.32. The van der Waals surface area contributed by atoms with E-state index in [4.69, 9.17) is 5.84 Å². The molecule has 0 saturated heterocycles. The van der Waals surface area contributed by atoms with Crippen LogP contribution in [0.4, 0.5) is 11.6 Å². The molecule has 19 heavy (non-hydrogen) atoms. The number of carbonyl (C=O) groups excluding carboxylic acids is 1. The Kier molecular flexibility index (Phi) is 5.45. The summed E-state index contributed by atoms with van der Waals surface area (Å²) in [5.74, 6) is 4.99. The third kappa shape index (κ3) is 4.67. The van der Waals surface area contributed by atoms with E-state index < -0.39 is 4.92 Å². The minimum Gasteiger partial charge on any atom is -0.353 e. The first-order valence-electron chi connectivity index (χ1n) is 5.34. The highest BCUT2D eigenvalue weighted by atomic mass is 32.2. The largest absolute Gasteiger partial charge is 0.353 e. The predicted molar refractivity (Wildman–Crippen MR) is 70.5 cm³/mol. The number of hydrazine groups is 1. The van der Waals surface area contributed by atoms with Crippen molar-refractivity contribution in [2.75, 3.05) is 11.2 Å². The number of amides is 1. The van der Waals surface area contributed by atoms with Gasteiger partial charge < -0.3 is 5.32 Å². The van der Waals surface area contributed by atoms with Crippen LogP contribution in [0.3, 0.4) is 0 Å². The van der Waals surface area contributed by atoms with Crippen LogP contribution >= 0.6 is 11.8 Å². The highest BCUT2D eigenvalue weighted by Gasteiger charge is 2.18. The SMILES string of the molecule is CC(C)NC(=O)CSc1nc(NN)ncc1[N+](=O)[O-]. The molecule has 1 aromatic rings. The minimum atomic E-state index is -0.608. The van der Waals surface area contributed by atoms with Crippen LogP contribution in [0.5, 0.6) is 0 Å². The van der Waals surface area contributed by atoms with Crippen molar-refractivity contribution in [3.05, 3.63) is 16.3 Å². The van der Waals surface area contributed by atoms with Gasteiger partial charge in [0.2, 0.25) is 11.9 Å². The quantitative estimate of drug-likeness (QED) is 0.223. The second-order valence-corrected chi connectivity index (χ2v) is 4.76. The summed E-state index contributed by atoms with van der Waals surface area (Å²) in [5, 5.41) is 13.6. The van der Waals surface area contributed by atoms with Crippen molar-refractivity contribution in [2.45, 2.75) is 24.9 Å². The number of rotatable bonds is 6. The molecule has 0 aliphatic carbocycles. The van der Waals surface area contributed by atoms with Gasteiger partial charge in [-0.3, -0.25) is 20.3 Å². The van der Waals surface area contributed by atoms with Gasteiger partial charge in [0.1, 0.15) is 6.20 Å². The second kappa shape index (κ2) is 6.85. The Bertz CT molecular complexity index is 481. The molecule has 104 valence electrons. The van der Waals surface area contributed by atoms with Crippen LogP contribution in [0.15, 0.2) is 11.2 Å². The van der Waals surface area contributed by atoms with Gasteiger partial charge in [-0.05, 0) is 13.8 Å². The molecule has 0 saturated carbocycles.